The lowest BCUT2D eigenvalue weighted by Crippen LogP contribution is -2.51. The molecule has 0 aromatic heterocycles. The van der Waals surface area contributed by atoms with E-state index in [0.29, 0.717) is 6.61 Å². The third-order valence-corrected chi connectivity index (χ3v) is 4.56. The van der Waals surface area contributed by atoms with Crippen molar-refractivity contribution in [2.24, 2.45) is 11.8 Å². The van der Waals surface area contributed by atoms with Gasteiger partial charge in [-0.2, -0.15) is 0 Å². The highest BCUT2D eigenvalue weighted by Crippen LogP contribution is 2.38. The molecule has 1 saturated heterocycles. The average Bonchev–Trinajstić information content (AvgIpc) is 2.28. The Kier molecular flexibility index (Phi) is 4.04. The quantitative estimate of drug-likeness (QED) is 0.771. The summed E-state index contributed by atoms with van der Waals surface area (Å²) in [5.74, 6) is 1.67. The molecule has 1 N–H and O–H groups in total. The molecule has 2 fully saturated rings. The average molecular weight is 211 g/mol. The van der Waals surface area contributed by atoms with Gasteiger partial charge in [0.15, 0.2) is 0 Å². The van der Waals surface area contributed by atoms with Crippen LogP contribution in [0.3, 0.4) is 0 Å². The minimum absolute atomic E-state index is 0.380. The van der Waals surface area contributed by atoms with Crippen molar-refractivity contribution in [3.8, 4) is 0 Å². The summed E-state index contributed by atoms with van der Waals surface area (Å²) in [6, 6.07) is 0.778. The van der Waals surface area contributed by atoms with Crippen LogP contribution in [0, 0.1) is 11.8 Å². The highest BCUT2D eigenvalue weighted by atomic mass is 16.3. The third kappa shape index (κ3) is 2.54. The Labute approximate surface area is 93.7 Å². The van der Waals surface area contributed by atoms with E-state index < -0.39 is 0 Å². The first kappa shape index (κ1) is 11.4. The Hall–Kier alpha value is -0.0800. The normalized spacial score (nSPS) is 31.2. The maximum absolute atomic E-state index is 9.20. The summed E-state index contributed by atoms with van der Waals surface area (Å²) >= 11 is 0. The minimum Gasteiger partial charge on any atom is -0.396 e. The fourth-order valence-electron chi connectivity index (χ4n) is 3.53. The van der Waals surface area contributed by atoms with Crippen molar-refractivity contribution >= 4 is 0 Å². The first-order chi connectivity index (χ1) is 7.33. The Morgan fingerprint density at radius 3 is 2.40 bits per heavy atom. The molecule has 0 radical (unpaired) electrons. The van der Waals surface area contributed by atoms with Crippen molar-refractivity contribution in [2.45, 2.75) is 51.0 Å². The summed E-state index contributed by atoms with van der Waals surface area (Å²) in [7, 11) is 2.24. The van der Waals surface area contributed by atoms with Crippen LogP contribution in [-0.2, 0) is 0 Å². The smallest absolute Gasteiger partial charge is 0.0434 e. The highest BCUT2D eigenvalue weighted by Gasteiger charge is 2.36. The van der Waals surface area contributed by atoms with Crippen molar-refractivity contribution in [3.63, 3.8) is 0 Å². The first-order valence-electron chi connectivity index (χ1n) is 6.64. The summed E-state index contributed by atoms with van der Waals surface area (Å²) in [6.45, 7) is 1.64. The van der Waals surface area contributed by atoms with E-state index in [1.165, 1.54) is 45.1 Å². The standard InChI is InChI=1S/C13H25NO/c1-14-9-7-13(14)12(8-10-15)11-5-3-2-4-6-11/h11-13,15H,2-10H2,1H3. The van der Waals surface area contributed by atoms with E-state index >= 15 is 0 Å². The number of hydrogen-bond acceptors (Lipinski definition) is 2. The molecular weight excluding hydrogens is 186 g/mol. The number of aliphatic hydroxyl groups is 1. The summed E-state index contributed by atoms with van der Waals surface area (Å²) in [5.41, 5.74) is 0. The van der Waals surface area contributed by atoms with Crippen LogP contribution in [0.25, 0.3) is 0 Å². The van der Waals surface area contributed by atoms with Crippen LogP contribution in [0.15, 0.2) is 0 Å². The SMILES string of the molecule is CN1CCC1C(CCO)C1CCCCC1. The molecule has 1 aliphatic carbocycles. The molecule has 2 unspecified atom stereocenters. The van der Waals surface area contributed by atoms with Crippen molar-refractivity contribution in [1.29, 1.82) is 0 Å². The van der Waals surface area contributed by atoms with E-state index in [1.807, 2.05) is 0 Å². The van der Waals surface area contributed by atoms with Crippen LogP contribution in [0.2, 0.25) is 0 Å². The summed E-state index contributed by atoms with van der Waals surface area (Å²) in [6.07, 6.45) is 9.48. The van der Waals surface area contributed by atoms with E-state index in [4.69, 9.17) is 0 Å². The largest absolute Gasteiger partial charge is 0.396 e. The molecule has 2 aliphatic rings. The molecule has 0 aromatic rings. The second-order valence-corrected chi connectivity index (χ2v) is 5.41. The lowest BCUT2D eigenvalue weighted by Gasteiger charge is -2.46. The molecule has 0 bridgehead atoms. The Bertz CT molecular complexity index is 189. The van der Waals surface area contributed by atoms with Gasteiger partial charge in [-0.1, -0.05) is 32.1 Å². The zero-order valence-electron chi connectivity index (χ0n) is 9.99. The van der Waals surface area contributed by atoms with Gasteiger partial charge in [-0.05, 0) is 38.3 Å². The third-order valence-electron chi connectivity index (χ3n) is 4.56. The van der Waals surface area contributed by atoms with E-state index in [9.17, 15) is 5.11 Å². The van der Waals surface area contributed by atoms with Crippen LogP contribution in [0.4, 0.5) is 0 Å². The van der Waals surface area contributed by atoms with E-state index in [-0.39, 0.29) is 0 Å². The molecule has 1 heterocycles. The van der Waals surface area contributed by atoms with Crippen LogP contribution >= 0.6 is 0 Å². The van der Waals surface area contributed by atoms with Gasteiger partial charge in [0.2, 0.25) is 0 Å². The van der Waals surface area contributed by atoms with Crippen LogP contribution in [0.1, 0.15) is 44.9 Å². The molecule has 2 nitrogen and oxygen atoms in total. The highest BCUT2D eigenvalue weighted by molar-refractivity contribution is 4.90. The van der Waals surface area contributed by atoms with Crippen LogP contribution in [0.5, 0.6) is 0 Å². The predicted octanol–water partition coefficient (Wildman–Crippen LogP) is 2.27. The van der Waals surface area contributed by atoms with Gasteiger partial charge in [0.1, 0.15) is 0 Å². The molecular formula is C13H25NO. The van der Waals surface area contributed by atoms with Crippen molar-refractivity contribution in [1.82, 2.24) is 4.90 Å². The Balaban J connectivity index is 1.91. The molecule has 88 valence electrons. The molecule has 0 spiro atoms. The number of rotatable bonds is 4. The molecule has 15 heavy (non-hydrogen) atoms. The van der Waals surface area contributed by atoms with E-state index in [1.54, 1.807) is 0 Å². The molecule has 2 heteroatoms. The van der Waals surface area contributed by atoms with E-state index in [0.717, 1.165) is 24.3 Å². The lowest BCUT2D eigenvalue weighted by atomic mass is 9.72. The number of aliphatic hydroxyl groups excluding tert-OH is 1. The van der Waals surface area contributed by atoms with Crippen molar-refractivity contribution in [3.05, 3.63) is 0 Å². The van der Waals surface area contributed by atoms with Gasteiger partial charge >= 0.3 is 0 Å². The fraction of sp³-hybridized carbons (Fsp3) is 1.00. The number of hydrogen-bond donors (Lipinski definition) is 1. The van der Waals surface area contributed by atoms with Crippen molar-refractivity contribution < 1.29 is 5.11 Å². The molecule has 2 rings (SSSR count). The van der Waals surface area contributed by atoms with Crippen LogP contribution < -0.4 is 0 Å². The molecule has 2 atom stereocenters. The zero-order valence-corrected chi connectivity index (χ0v) is 9.99. The molecule has 0 amide bonds. The Morgan fingerprint density at radius 1 is 1.20 bits per heavy atom. The second-order valence-electron chi connectivity index (χ2n) is 5.41. The maximum atomic E-state index is 9.20. The fourth-order valence-corrected chi connectivity index (χ4v) is 3.53. The van der Waals surface area contributed by atoms with Crippen LogP contribution in [-0.4, -0.2) is 36.2 Å². The maximum Gasteiger partial charge on any atom is 0.0434 e. The zero-order chi connectivity index (χ0) is 10.7. The summed E-state index contributed by atoms with van der Waals surface area (Å²) in [5, 5.41) is 9.20. The van der Waals surface area contributed by atoms with Gasteiger partial charge in [0.25, 0.3) is 0 Å². The number of nitrogens with zero attached hydrogens (tertiary/aromatic N) is 1. The molecule has 0 aromatic carbocycles. The van der Waals surface area contributed by atoms with E-state index in [2.05, 4.69) is 11.9 Å². The van der Waals surface area contributed by atoms with Crippen molar-refractivity contribution in [2.75, 3.05) is 20.2 Å². The second kappa shape index (κ2) is 5.31. The number of likely N-dealkylation sites (tertiary alicyclic amines) is 1. The predicted molar refractivity (Wildman–Crippen MR) is 62.8 cm³/mol. The monoisotopic (exact) mass is 211 g/mol. The topological polar surface area (TPSA) is 23.5 Å². The van der Waals surface area contributed by atoms with Gasteiger partial charge in [0, 0.05) is 12.6 Å². The van der Waals surface area contributed by atoms with Gasteiger partial charge in [-0.3, -0.25) is 0 Å². The lowest BCUT2D eigenvalue weighted by molar-refractivity contribution is 0.0221. The first-order valence-corrected chi connectivity index (χ1v) is 6.64. The van der Waals surface area contributed by atoms with Gasteiger partial charge in [-0.25, -0.2) is 0 Å². The Morgan fingerprint density at radius 2 is 1.93 bits per heavy atom. The summed E-state index contributed by atoms with van der Waals surface area (Å²) in [4.78, 5) is 2.48. The summed E-state index contributed by atoms with van der Waals surface area (Å²) < 4.78 is 0. The molecule has 1 saturated carbocycles. The van der Waals surface area contributed by atoms with Gasteiger partial charge in [-0.15, -0.1) is 0 Å². The molecule has 1 aliphatic heterocycles. The van der Waals surface area contributed by atoms with Gasteiger partial charge < -0.3 is 10.0 Å². The van der Waals surface area contributed by atoms with Gasteiger partial charge in [0.05, 0.1) is 0 Å². The minimum atomic E-state index is 0.380.